The number of fused-ring (bicyclic) bond motifs is 3. The molecule has 0 fully saturated rings. The summed E-state index contributed by atoms with van der Waals surface area (Å²) in [5, 5.41) is 22.3. The van der Waals surface area contributed by atoms with Gasteiger partial charge < -0.3 is 20.6 Å². The number of hydrogen-bond donors (Lipinski definition) is 2. The molecule has 4 N–H and O–H groups in total. The van der Waals surface area contributed by atoms with Crippen molar-refractivity contribution in [2.75, 3.05) is 6.54 Å². The van der Waals surface area contributed by atoms with E-state index in [1.54, 1.807) is 11.3 Å². The minimum Gasteiger partial charge on any atom is -0.481 e. The van der Waals surface area contributed by atoms with E-state index in [1.165, 1.54) is 5.56 Å². The second-order valence-electron chi connectivity index (χ2n) is 7.33. The van der Waals surface area contributed by atoms with Crippen LogP contribution in [0.15, 0.2) is 53.0 Å². The van der Waals surface area contributed by atoms with Crippen molar-refractivity contribution in [3.63, 3.8) is 0 Å². The van der Waals surface area contributed by atoms with Gasteiger partial charge in [-0.05, 0) is 42.8 Å². The molecule has 0 saturated carbocycles. The summed E-state index contributed by atoms with van der Waals surface area (Å²) >= 11 is 1.56. The second kappa shape index (κ2) is 7.07. The van der Waals surface area contributed by atoms with Crippen molar-refractivity contribution in [3.05, 3.63) is 69.1 Å². The third kappa shape index (κ3) is 2.65. The molecule has 148 valence electrons. The largest absolute Gasteiger partial charge is 0.481 e. The van der Waals surface area contributed by atoms with Crippen LogP contribution in [0.3, 0.4) is 0 Å². The number of aliphatic carboxylic acids is 2. The fraction of sp³-hybridized carbons (Fsp3) is 0.333. The van der Waals surface area contributed by atoms with Gasteiger partial charge >= 0.3 is 11.9 Å². The molecular weight excluding hydrogens is 378 g/mol. The zero-order valence-corrected chi connectivity index (χ0v) is 16.5. The van der Waals surface area contributed by atoms with Crippen LogP contribution >= 0.6 is 11.3 Å². The molecule has 0 amide bonds. The lowest BCUT2D eigenvalue weighted by atomic mass is 9.64. The molecule has 3 atom stereocenters. The molecule has 2 aliphatic rings. The third-order valence-electron chi connectivity index (χ3n) is 6.07. The van der Waals surface area contributed by atoms with E-state index in [4.69, 9.17) is 0 Å². The van der Waals surface area contributed by atoms with Gasteiger partial charge in [0, 0.05) is 23.0 Å². The SMILES string of the molecule is CC1=C(C(=O)O)C(c2ccccc2)C(C(=O)O)C2(C)c3sccc3CCN12.O. The van der Waals surface area contributed by atoms with Crippen molar-refractivity contribution in [1.82, 2.24) is 4.90 Å². The molecule has 0 saturated heterocycles. The Kier molecular flexibility index (Phi) is 5.08. The van der Waals surface area contributed by atoms with Gasteiger partial charge in [-0.25, -0.2) is 4.79 Å². The van der Waals surface area contributed by atoms with Gasteiger partial charge in [0.1, 0.15) is 0 Å². The van der Waals surface area contributed by atoms with Crippen LogP contribution < -0.4 is 0 Å². The van der Waals surface area contributed by atoms with Gasteiger partial charge in [0.15, 0.2) is 0 Å². The summed E-state index contributed by atoms with van der Waals surface area (Å²) in [5.41, 5.74) is 1.97. The van der Waals surface area contributed by atoms with Crippen LogP contribution in [0.5, 0.6) is 0 Å². The number of carboxylic acid groups (broad SMARTS) is 2. The number of carbonyl (C=O) groups is 2. The molecule has 2 aromatic rings. The van der Waals surface area contributed by atoms with E-state index in [0.717, 1.165) is 16.9 Å². The number of hydrogen-bond acceptors (Lipinski definition) is 4. The van der Waals surface area contributed by atoms with E-state index in [2.05, 4.69) is 6.07 Å². The van der Waals surface area contributed by atoms with E-state index in [0.29, 0.717) is 12.2 Å². The number of benzene rings is 1. The first-order chi connectivity index (χ1) is 12.9. The number of nitrogens with zero attached hydrogens (tertiary/aromatic N) is 1. The fourth-order valence-electron chi connectivity index (χ4n) is 4.94. The van der Waals surface area contributed by atoms with Gasteiger partial charge in [-0.3, -0.25) is 4.79 Å². The first-order valence-corrected chi connectivity index (χ1v) is 9.81. The first-order valence-electron chi connectivity index (χ1n) is 8.93. The molecule has 1 aromatic carbocycles. The zero-order valence-electron chi connectivity index (χ0n) is 15.7. The Balaban J connectivity index is 0.00000225. The van der Waals surface area contributed by atoms with Gasteiger partial charge in [0.2, 0.25) is 0 Å². The predicted octanol–water partition coefficient (Wildman–Crippen LogP) is 2.85. The van der Waals surface area contributed by atoms with Crippen LogP contribution in [-0.2, 0) is 21.5 Å². The average molecular weight is 401 g/mol. The first kappa shape index (κ1) is 20.1. The highest BCUT2D eigenvalue weighted by Crippen LogP contribution is 2.55. The lowest BCUT2D eigenvalue weighted by molar-refractivity contribution is -0.150. The smallest absolute Gasteiger partial charge is 0.333 e. The molecule has 28 heavy (non-hydrogen) atoms. The average Bonchev–Trinajstić information content (AvgIpc) is 3.11. The summed E-state index contributed by atoms with van der Waals surface area (Å²) in [6.45, 7) is 4.39. The molecule has 0 aliphatic carbocycles. The molecule has 6 nitrogen and oxygen atoms in total. The Morgan fingerprint density at radius 1 is 1.18 bits per heavy atom. The molecule has 3 unspecified atom stereocenters. The monoisotopic (exact) mass is 401 g/mol. The number of thiophene rings is 1. The summed E-state index contributed by atoms with van der Waals surface area (Å²) in [6.07, 6.45) is 0.793. The van der Waals surface area contributed by atoms with Crippen molar-refractivity contribution >= 4 is 23.3 Å². The van der Waals surface area contributed by atoms with Gasteiger partial charge in [0.25, 0.3) is 0 Å². The lowest BCUT2D eigenvalue weighted by Crippen LogP contribution is -2.59. The van der Waals surface area contributed by atoms with Crippen molar-refractivity contribution in [2.24, 2.45) is 5.92 Å². The summed E-state index contributed by atoms with van der Waals surface area (Å²) in [6, 6.07) is 11.2. The molecular formula is C21H23NO5S. The molecule has 2 aliphatic heterocycles. The zero-order chi connectivity index (χ0) is 19.3. The lowest BCUT2D eigenvalue weighted by Gasteiger charge is -2.55. The number of allylic oxidation sites excluding steroid dienone is 1. The summed E-state index contributed by atoms with van der Waals surface area (Å²) in [5.74, 6) is -3.63. The maximum absolute atomic E-state index is 12.6. The van der Waals surface area contributed by atoms with Gasteiger partial charge in [0.05, 0.1) is 17.0 Å². The molecule has 0 radical (unpaired) electrons. The number of rotatable bonds is 3. The Labute approximate surface area is 167 Å². The van der Waals surface area contributed by atoms with Crippen molar-refractivity contribution in [1.29, 1.82) is 0 Å². The maximum Gasteiger partial charge on any atom is 0.333 e. The second-order valence-corrected chi connectivity index (χ2v) is 8.25. The summed E-state index contributed by atoms with van der Waals surface area (Å²) in [7, 11) is 0. The van der Waals surface area contributed by atoms with Crippen LogP contribution in [0.1, 0.15) is 35.8 Å². The van der Waals surface area contributed by atoms with Crippen molar-refractivity contribution in [2.45, 2.75) is 31.7 Å². The van der Waals surface area contributed by atoms with E-state index in [9.17, 15) is 19.8 Å². The van der Waals surface area contributed by atoms with Crippen LogP contribution in [-0.4, -0.2) is 39.1 Å². The van der Waals surface area contributed by atoms with E-state index in [-0.39, 0.29) is 11.0 Å². The Morgan fingerprint density at radius 3 is 2.46 bits per heavy atom. The van der Waals surface area contributed by atoms with Crippen molar-refractivity contribution < 1.29 is 25.3 Å². The molecule has 4 rings (SSSR count). The molecule has 0 bridgehead atoms. The molecule has 3 heterocycles. The molecule has 7 heteroatoms. The number of carboxylic acids is 2. The van der Waals surface area contributed by atoms with Crippen molar-refractivity contribution in [3.8, 4) is 0 Å². The van der Waals surface area contributed by atoms with E-state index in [1.807, 2.05) is 54.5 Å². The minimum absolute atomic E-state index is 0. The summed E-state index contributed by atoms with van der Waals surface area (Å²) < 4.78 is 0. The quantitative estimate of drug-likeness (QED) is 0.822. The standard InChI is InChI=1S/C21H21NO4S.H2O/c1-12-15(19(23)24)16(13-6-4-3-5-7-13)17(20(25)26)21(2)18-14(9-11-27-18)8-10-22(12)21;/h3-7,9,11,16-17H,8,10H2,1-2H3,(H,23,24)(H,25,26);1H2. The highest BCUT2D eigenvalue weighted by molar-refractivity contribution is 7.10. The normalized spacial score (nSPS) is 26.1. The van der Waals surface area contributed by atoms with Gasteiger partial charge in [-0.1, -0.05) is 30.3 Å². The highest BCUT2D eigenvalue weighted by atomic mass is 32.1. The Bertz CT molecular complexity index is 951. The molecule has 0 spiro atoms. The Morgan fingerprint density at radius 2 is 1.86 bits per heavy atom. The fourth-order valence-corrected chi connectivity index (χ4v) is 6.11. The van der Waals surface area contributed by atoms with Gasteiger partial charge in [-0.2, -0.15) is 0 Å². The van der Waals surface area contributed by atoms with Crippen LogP contribution in [0.2, 0.25) is 0 Å². The maximum atomic E-state index is 12.6. The highest BCUT2D eigenvalue weighted by Gasteiger charge is 2.57. The predicted molar refractivity (Wildman–Crippen MR) is 106 cm³/mol. The Hall–Kier alpha value is -2.64. The topological polar surface area (TPSA) is 109 Å². The third-order valence-corrected chi connectivity index (χ3v) is 7.25. The van der Waals surface area contributed by atoms with Crippen LogP contribution in [0.25, 0.3) is 0 Å². The van der Waals surface area contributed by atoms with E-state index < -0.39 is 29.3 Å². The van der Waals surface area contributed by atoms with Crippen LogP contribution in [0, 0.1) is 5.92 Å². The van der Waals surface area contributed by atoms with Crippen LogP contribution in [0.4, 0.5) is 0 Å². The van der Waals surface area contributed by atoms with E-state index >= 15 is 0 Å². The minimum atomic E-state index is -1.05. The van der Waals surface area contributed by atoms with Gasteiger partial charge in [-0.15, -0.1) is 11.3 Å². The summed E-state index contributed by atoms with van der Waals surface area (Å²) in [4.78, 5) is 27.8. The molecule has 1 aromatic heterocycles.